The molecule has 1 unspecified atom stereocenters. The first-order valence-corrected chi connectivity index (χ1v) is 9.39. The maximum atomic E-state index is 13.0. The van der Waals surface area contributed by atoms with Gasteiger partial charge in [0.15, 0.2) is 11.5 Å². The Kier molecular flexibility index (Phi) is 9.81. The topological polar surface area (TPSA) is 50.8 Å². The lowest BCUT2D eigenvalue weighted by Gasteiger charge is -2.28. The minimum Gasteiger partial charge on any atom is -0.493 e. The van der Waals surface area contributed by atoms with Gasteiger partial charge in [0.05, 0.1) is 13.7 Å². The number of nitrogens with one attached hydrogen (secondary N) is 1. The van der Waals surface area contributed by atoms with Crippen LogP contribution < -0.4 is 14.8 Å². The van der Waals surface area contributed by atoms with Crippen LogP contribution in [-0.2, 0) is 0 Å². The summed E-state index contributed by atoms with van der Waals surface area (Å²) in [6, 6.07) is 5.78. The maximum Gasteiger partial charge on any atom is 0.254 e. The molecule has 1 aromatic carbocycles. The molecular weight excluding hydrogens is 352 g/mol. The van der Waals surface area contributed by atoms with Crippen LogP contribution in [0.4, 0.5) is 0 Å². The van der Waals surface area contributed by atoms with Crippen molar-refractivity contribution in [2.24, 2.45) is 5.92 Å². The fourth-order valence-corrected chi connectivity index (χ4v) is 3.09. The van der Waals surface area contributed by atoms with Crippen molar-refractivity contribution in [2.75, 3.05) is 33.4 Å². The fraction of sp³-hybridized carbons (Fsp3) is 0.650. The van der Waals surface area contributed by atoms with Crippen LogP contribution in [0.25, 0.3) is 0 Å². The van der Waals surface area contributed by atoms with Crippen molar-refractivity contribution >= 4 is 18.3 Å². The molecule has 0 aliphatic carbocycles. The van der Waals surface area contributed by atoms with Crippen LogP contribution in [0.3, 0.4) is 0 Å². The molecule has 0 radical (unpaired) electrons. The molecule has 1 heterocycles. The summed E-state index contributed by atoms with van der Waals surface area (Å²) in [4.78, 5) is 15.0. The predicted octanol–water partition coefficient (Wildman–Crippen LogP) is 3.76. The van der Waals surface area contributed by atoms with Gasteiger partial charge in [0, 0.05) is 24.7 Å². The highest BCUT2D eigenvalue weighted by Crippen LogP contribution is 2.29. The summed E-state index contributed by atoms with van der Waals surface area (Å²) in [7, 11) is 1.61. The zero-order valence-corrected chi connectivity index (χ0v) is 17.2. The first-order valence-electron chi connectivity index (χ1n) is 9.39. The molecule has 1 amide bonds. The van der Waals surface area contributed by atoms with E-state index in [1.807, 2.05) is 17.0 Å². The van der Waals surface area contributed by atoms with Gasteiger partial charge in [-0.15, -0.1) is 12.4 Å². The van der Waals surface area contributed by atoms with Crippen molar-refractivity contribution in [1.29, 1.82) is 0 Å². The number of hydrogen-bond acceptors (Lipinski definition) is 4. The zero-order valence-electron chi connectivity index (χ0n) is 16.4. The van der Waals surface area contributed by atoms with Gasteiger partial charge in [0.2, 0.25) is 0 Å². The third-order valence-electron chi connectivity index (χ3n) is 4.56. The standard InChI is InChI=1S/C20H32N2O3.ClH/c1-5-11-22(17-8-10-21-14-17)20(23)16-6-7-18(19(13-16)24-4)25-12-9-15(2)3;/h6-7,13,15,17,21H,5,8-12,14H2,1-4H3;1H. The van der Waals surface area contributed by atoms with Crippen LogP contribution in [0.2, 0.25) is 0 Å². The van der Waals surface area contributed by atoms with E-state index in [0.29, 0.717) is 29.6 Å². The smallest absolute Gasteiger partial charge is 0.254 e. The van der Waals surface area contributed by atoms with Crippen LogP contribution in [0.1, 0.15) is 50.4 Å². The number of nitrogens with zero attached hydrogens (tertiary/aromatic N) is 1. The van der Waals surface area contributed by atoms with Crippen molar-refractivity contribution in [1.82, 2.24) is 10.2 Å². The van der Waals surface area contributed by atoms with Crippen molar-refractivity contribution < 1.29 is 14.3 Å². The Morgan fingerprint density at radius 3 is 2.69 bits per heavy atom. The molecule has 1 saturated heterocycles. The number of hydrogen-bond donors (Lipinski definition) is 1. The van der Waals surface area contributed by atoms with Gasteiger partial charge in [-0.2, -0.15) is 0 Å². The molecular formula is C20H33ClN2O3. The molecule has 1 aliphatic heterocycles. The molecule has 6 heteroatoms. The van der Waals surface area contributed by atoms with Crippen LogP contribution >= 0.6 is 12.4 Å². The van der Waals surface area contributed by atoms with Crippen LogP contribution in [0.5, 0.6) is 11.5 Å². The average Bonchev–Trinajstić information content (AvgIpc) is 3.13. The van der Waals surface area contributed by atoms with Gasteiger partial charge >= 0.3 is 0 Å². The van der Waals surface area contributed by atoms with Crippen LogP contribution in [-0.4, -0.2) is 50.2 Å². The zero-order chi connectivity index (χ0) is 18.2. The molecule has 0 aromatic heterocycles. The van der Waals surface area contributed by atoms with E-state index in [1.54, 1.807) is 13.2 Å². The second kappa shape index (κ2) is 11.3. The molecule has 1 aromatic rings. The van der Waals surface area contributed by atoms with E-state index in [4.69, 9.17) is 9.47 Å². The summed E-state index contributed by atoms with van der Waals surface area (Å²) in [5, 5.41) is 3.34. The fourth-order valence-electron chi connectivity index (χ4n) is 3.09. The minimum absolute atomic E-state index is 0. The molecule has 1 fully saturated rings. The molecule has 0 bridgehead atoms. The Morgan fingerprint density at radius 1 is 1.35 bits per heavy atom. The minimum atomic E-state index is 0. The van der Waals surface area contributed by atoms with Gasteiger partial charge in [-0.25, -0.2) is 0 Å². The lowest BCUT2D eigenvalue weighted by molar-refractivity contribution is 0.0692. The number of amides is 1. The first kappa shape index (κ1) is 22.6. The molecule has 0 spiro atoms. The number of methoxy groups -OCH3 is 1. The third-order valence-corrected chi connectivity index (χ3v) is 4.56. The van der Waals surface area contributed by atoms with Crippen molar-refractivity contribution in [3.8, 4) is 11.5 Å². The maximum absolute atomic E-state index is 13.0. The molecule has 1 atom stereocenters. The lowest BCUT2D eigenvalue weighted by Crippen LogP contribution is -2.42. The van der Waals surface area contributed by atoms with Gasteiger partial charge in [0.25, 0.3) is 5.91 Å². The molecule has 1 aliphatic rings. The van der Waals surface area contributed by atoms with Gasteiger partial charge in [-0.3, -0.25) is 4.79 Å². The number of rotatable bonds is 9. The second-order valence-electron chi connectivity index (χ2n) is 7.04. The number of halogens is 1. The summed E-state index contributed by atoms with van der Waals surface area (Å²) >= 11 is 0. The molecule has 26 heavy (non-hydrogen) atoms. The van der Waals surface area contributed by atoms with E-state index in [2.05, 4.69) is 26.1 Å². The van der Waals surface area contributed by atoms with Crippen LogP contribution in [0.15, 0.2) is 18.2 Å². The number of carbonyl (C=O) groups is 1. The van der Waals surface area contributed by atoms with Gasteiger partial charge in [-0.05, 0) is 49.9 Å². The summed E-state index contributed by atoms with van der Waals surface area (Å²) in [6.07, 6.45) is 2.96. The summed E-state index contributed by atoms with van der Waals surface area (Å²) in [6.45, 7) is 9.72. The van der Waals surface area contributed by atoms with Crippen molar-refractivity contribution in [3.05, 3.63) is 23.8 Å². The quantitative estimate of drug-likeness (QED) is 0.704. The first-order chi connectivity index (χ1) is 12.1. The molecule has 0 saturated carbocycles. The second-order valence-corrected chi connectivity index (χ2v) is 7.04. The molecule has 148 valence electrons. The third kappa shape index (κ3) is 6.06. The average molecular weight is 385 g/mol. The highest BCUT2D eigenvalue weighted by Gasteiger charge is 2.27. The van der Waals surface area contributed by atoms with E-state index in [-0.39, 0.29) is 24.4 Å². The lowest BCUT2D eigenvalue weighted by atomic mass is 10.1. The Labute approximate surface area is 163 Å². The number of ether oxygens (including phenoxy) is 2. The van der Waals surface area contributed by atoms with E-state index in [0.717, 1.165) is 38.9 Å². The highest BCUT2D eigenvalue weighted by molar-refractivity contribution is 5.95. The van der Waals surface area contributed by atoms with Crippen LogP contribution in [0, 0.1) is 5.92 Å². The number of benzene rings is 1. The number of carbonyl (C=O) groups excluding carboxylic acids is 1. The summed E-state index contributed by atoms with van der Waals surface area (Å²) in [5.41, 5.74) is 0.661. The van der Waals surface area contributed by atoms with E-state index in [1.165, 1.54) is 0 Å². The SMILES string of the molecule is CCCN(C(=O)c1ccc(OCCC(C)C)c(OC)c1)C1CCNC1.Cl. The Balaban J connectivity index is 0.00000338. The highest BCUT2D eigenvalue weighted by atomic mass is 35.5. The summed E-state index contributed by atoms with van der Waals surface area (Å²) < 4.78 is 11.3. The van der Waals surface area contributed by atoms with Gasteiger partial charge in [-0.1, -0.05) is 20.8 Å². The van der Waals surface area contributed by atoms with Crippen molar-refractivity contribution in [2.45, 2.75) is 46.1 Å². The van der Waals surface area contributed by atoms with Crippen molar-refractivity contribution in [3.63, 3.8) is 0 Å². The normalized spacial score (nSPS) is 16.3. The Bertz CT molecular complexity index is 560. The van der Waals surface area contributed by atoms with E-state index >= 15 is 0 Å². The van der Waals surface area contributed by atoms with E-state index in [9.17, 15) is 4.79 Å². The summed E-state index contributed by atoms with van der Waals surface area (Å²) in [5.74, 6) is 1.98. The van der Waals surface area contributed by atoms with E-state index < -0.39 is 0 Å². The molecule has 2 rings (SSSR count). The predicted molar refractivity (Wildman–Crippen MR) is 108 cm³/mol. The molecule has 5 nitrogen and oxygen atoms in total. The van der Waals surface area contributed by atoms with Gasteiger partial charge < -0.3 is 19.7 Å². The Morgan fingerprint density at radius 2 is 2.12 bits per heavy atom. The van der Waals surface area contributed by atoms with Gasteiger partial charge in [0.1, 0.15) is 0 Å². The Hall–Kier alpha value is -1.46. The largest absolute Gasteiger partial charge is 0.493 e. The monoisotopic (exact) mass is 384 g/mol. The molecule has 1 N–H and O–H groups in total.